The highest BCUT2D eigenvalue weighted by molar-refractivity contribution is 5.95. The van der Waals surface area contributed by atoms with Gasteiger partial charge in [0, 0.05) is 17.2 Å². The summed E-state index contributed by atoms with van der Waals surface area (Å²) < 4.78 is 9.91. The molecule has 1 amide bonds. The van der Waals surface area contributed by atoms with Crippen LogP contribution in [-0.2, 0) is 0 Å². The van der Waals surface area contributed by atoms with Crippen LogP contribution in [0.2, 0.25) is 0 Å². The van der Waals surface area contributed by atoms with Crippen molar-refractivity contribution in [1.29, 1.82) is 0 Å². The average Bonchev–Trinajstić information content (AvgIpc) is 2.62. The van der Waals surface area contributed by atoms with Gasteiger partial charge in [-0.05, 0) is 18.2 Å². The lowest BCUT2D eigenvalue weighted by Gasteiger charge is -2.06. The van der Waals surface area contributed by atoms with E-state index < -0.39 is 10.8 Å². The Morgan fingerprint density at radius 2 is 2.04 bits per heavy atom. The van der Waals surface area contributed by atoms with Gasteiger partial charge in [0.15, 0.2) is 11.5 Å². The molecule has 0 radical (unpaired) electrons. The Kier molecular flexibility index (Phi) is 5.51. The Morgan fingerprint density at radius 3 is 2.68 bits per heavy atom. The zero-order valence-electron chi connectivity index (χ0n) is 13.4. The third-order valence-electron chi connectivity index (χ3n) is 3.22. The van der Waals surface area contributed by atoms with E-state index in [1.807, 2.05) is 0 Å². The van der Waals surface area contributed by atoms with E-state index in [9.17, 15) is 20.0 Å². The summed E-state index contributed by atoms with van der Waals surface area (Å²) >= 11 is 0. The minimum Gasteiger partial charge on any atom is -0.504 e. The maximum Gasteiger partial charge on any atom is 0.274 e. The normalized spacial score (nSPS) is 10.5. The van der Waals surface area contributed by atoms with Gasteiger partial charge in [-0.25, -0.2) is 5.43 Å². The molecule has 0 heterocycles. The molecule has 0 saturated heterocycles. The van der Waals surface area contributed by atoms with E-state index in [1.165, 1.54) is 20.3 Å². The number of nitrogens with zero attached hydrogens (tertiary/aromatic N) is 2. The first kappa shape index (κ1) is 17.7. The van der Waals surface area contributed by atoms with Gasteiger partial charge in [0.05, 0.1) is 31.4 Å². The second-order valence-electron chi connectivity index (χ2n) is 4.77. The molecule has 9 nitrogen and oxygen atoms in total. The number of hydrogen-bond donors (Lipinski definition) is 2. The van der Waals surface area contributed by atoms with Crippen LogP contribution in [0.25, 0.3) is 0 Å². The highest BCUT2D eigenvalue weighted by Crippen LogP contribution is 2.33. The largest absolute Gasteiger partial charge is 0.504 e. The van der Waals surface area contributed by atoms with Crippen LogP contribution in [0.15, 0.2) is 41.5 Å². The number of nitro benzene ring substituents is 1. The second kappa shape index (κ2) is 7.77. The van der Waals surface area contributed by atoms with Crippen molar-refractivity contribution in [2.45, 2.75) is 0 Å². The van der Waals surface area contributed by atoms with Gasteiger partial charge in [-0.15, -0.1) is 0 Å². The molecule has 0 aromatic heterocycles. The minimum absolute atomic E-state index is 0.0250. The summed E-state index contributed by atoms with van der Waals surface area (Å²) in [6.45, 7) is 0. The van der Waals surface area contributed by atoms with Crippen molar-refractivity contribution in [2.24, 2.45) is 5.10 Å². The van der Waals surface area contributed by atoms with Crippen LogP contribution in [0, 0.1) is 10.1 Å². The Bertz CT molecular complexity index is 835. The quantitative estimate of drug-likeness (QED) is 0.469. The SMILES string of the molecule is COc1cccc(C(=O)N/N=C\c2cc([N+](=O)[O-])cc(OC)c2O)c1. The first-order chi connectivity index (χ1) is 12.0. The number of hydrazone groups is 1. The highest BCUT2D eigenvalue weighted by Gasteiger charge is 2.16. The van der Waals surface area contributed by atoms with Crippen molar-refractivity contribution in [1.82, 2.24) is 5.43 Å². The molecular weight excluding hydrogens is 330 g/mol. The van der Waals surface area contributed by atoms with E-state index in [-0.39, 0.29) is 22.7 Å². The van der Waals surface area contributed by atoms with Gasteiger partial charge in [0.1, 0.15) is 5.75 Å². The summed E-state index contributed by atoms with van der Waals surface area (Å²) in [7, 11) is 2.75. The number of nitro groups is 1. The number of phenolic OH excluding ortho intramolecular Hbond substituents is 1. The molecule has 0 spiro atoms. The minimum atomic E-state index is -0.631. The van der Waals surface area contributed by atoms with Gasteiger partial charge in [-0.2, -0.15) is 5.10 Å². The molecule has 2 aromatic carbocycles. The number of non-ortho nitro benzene ring substituents is 1. The molecule has 130 valence electrons. The summed E-state index contributed by atoms with van der Waals surface area (Å²) in [5.41, 5.74) is 2.33. The first-order valence-electron chi connectivity index (χ1n) is 6.99. The Balaban J connectivity index is 2.20. The van der Waals surface area contributed by atoms with Gasteiger partial charge in [-0.1, -0.05) is 6.07 Å². The van der Waals surface area contributed by atoms with E-state index in [0.29, 0.717) is 11.3 Å². The van der Waals surface area contributed by atoms with Crippen LogP contribution in [-0.4, -0.2) is 36.4 Å². The molecule has 0 bridgehead atoms. The summed E-state index contributed by atoms with van der Waals surface area (Å²) in [5, 5.41) is 24.6. The monoisotopic (exact) mass is 345 g/mol. The molecule has 9 heteroatoms. The number of carbonyl (C=O) groups excluding carboxylic acids is 1. The fraction of sp³-hybridized carbons (Fsp3) is 0.125. The van der Waals surface area contributed by atoms with Crippen LogP contribution in [0.1, 0.15) is 15.9 Å². The first-order valence-corrected chi connectivity index (χ1v) is 6.99. The van der Waals surface area contributed by atoms with Crippen molar-refractivity contribution in [2.75, 3.05) is 14.2 Å². The van der Waals surface area contributed by atoms with E-state index in [4.69, 9.17) is 9.47 Å². The van der Waals surface area contributed by atoms with E-state index >= 15 is 0 Å². The number of nitrogens with one attached hydrogen (secondary N) is 1. The number of amides is 1. The van der Waals surface area contributed by atoms with E-state index in [1.54, 1.807) is 18.2 Å². The van der Waals surface area contributed by atoms with Gasteiger partial charge >= 0.3 is 0 Å². The van der Waals surface area contributed by atoms with Gasteiger partial charge in [-0.3, -0.25) is 14.9 Å². The molecule has 0 aliphatic carbocycles. The molecule has 0 atom stereocenters. The standard InChI is InChI=1S/C16H15N3O6/c1-24-13-5-3-4-10(7-13)16(21)18-17-9-11-6-12(19(22)23)8-14(25-2)15(11)20/h3-9,20H,1-2H3,(H,18,21)/b17-9-. The molecule has 0 aliphatic rings. The maximum absolute atomic E-state index is 12.0. The lowest BCUT2D eigenvalue weighted by molar-refractivity contribution is -0.385. The second-order valence-corrected chi connectivity index (χ2v) is 4.77. The number of ether oxygens (including phenoxy) is 2. The lowest BCUT2D eigenvalue weighted by atomic mass is 10.1. The molecule has 0 aliphatic heterocycles. The van der Waals surface area contributed by atoms with Crippen molar-refractivity contribution >= 4 is 17.8 Å². The third kappa shape index (κ3) is 4.22. The third-order valence-corrected chi connectivity index (χ3v) is 3.22. The fourth-order valence-electron chi connectivity index (χ4n) is 1.96. The number of aromatic hydroxyl groups is 1. The summed E-state index contributed by atoms with van der Waals surface area (Å²) in [6.07, 6.45) is 1.09. The van der Waals surface area contributed by atoms with Crippen LogP contribution >= 0.6 is 0 Å². The topological polar surface area (TPSA) is 123 Å². The van der Waals surface area contributed by atoms with E-state index in [2.05, 4.69) is 10.5 Å². The molecule has 0 fully saturated rings. The number of benzene rings is 2. The molecular formula is C16H15N3O6. The van der Waals surface area contributed by atoms with E-state index in [0.717, 1.165) is 18.3 Å². The molecule has 0 saturated carbocycles. The molecule has 2 aromatic rings. The van der Waals surface area contributed by atoms with Crippen molar-refractivity contribution < 1.29 is 24.3 Å². The lowest BCUT2D eigenvalue weighted by Crippen LogP contribution is -2.17. The molecule has 2 N–H and O–H groups in total. The number of phenols is 1. The van der Waals surface area contributed by atoms with Crippen LogP contribution < -0.4 is 14.9 Å². The predicted octanol–water partition coefficient (Wildman–Crippen LogP) is 2.08. The summed E-state index contributed by atoms with van der Waals surface area (Å²) in [4.78, 5) is 22.3. The smallest absolute Gasteiger partial charge is 0.274 e. The number of rotatable bonds is 6. The van der Waals surface area contributed by atoms with Crippen LogP contribution in [0.5, 0.6) is 17.2 Å². The van der Waals surface area contributed by atoms with Crippen molar-refractivity contribution in [3.05, 3.63) is 57.6 Å². The maximum atomic E-state index is 12.0. The molecule has 2 rings (SSSR count). The van der Waals surface area contributed by atoms with Gasteiger partial charge in [0.25, 0.3) is 11.6 Å². The van der Waals surface area contributed by atoms with Crippen molar-refractivity contribution in [3.63, 3.8) is 0 Å². The zero-order chi connectivity index (χ0) is 18.4. The van der Waals surface area contributed by atoms with Gasteiger partial charge in [0.2, 0.25) is 0 Å². The Labute approximate surface area is 142 Å². The van der Waals surface area contributed by atoms with Crippen LogP contribution in [0.3, 0.4) is 0 Å². The number of hydrogen-bond acceptors (Lipinski definition) is 7. The number of methoxy groups -OCH3 is 2. The molecule has 25 heavy (non-hydrogen) atoms. The van der Waals surface area contributed by atoms with Crippen molar-refractivity contribution in [3.8, 4) is 17.2 Å². The molecule has 0 unspecified atom stereocenters. The number of carbonyl (C=O) groups is 1. The Morgan fingerprint density at radius 1 is 1.28 bits per heavy atom. The summed E-state index contributed by atoms with van der Waals surface area (Å²) in [6, 6.07) is 8.63. The highest BCUT2D eigenvalue weighted by atomic mass is 16.6. The summed E-state index contributed by atoms with van der Waals surface area (Å²) in [5.74, 6) is -0.396. The Hall–Kier alpha value is -3.62. The predicted molar refractivity (Wildman–Crippen MR) is 89.4 cm³/mol. The van der Waals surface area contributed by atoms with Crippen LogP contribution in [0.4, 0.5) is 5.69 Å². The zero-order valence-corrected chi connectivity index (χ0v) is 13.4. The fourth-order valence-corrected chi connectivity index (χ4v) is 1.96. The average molecular weight is 345 g/mol. The van der Waals surface area contributed by atoms with Gasteiger partial charge < -0.3 is 14.6 Å².